The van der Waals surface area contributed by atoms with Crippen molar-refractivity contribution in [2.75, 3.05) is 0 Å². The van der Waals surface area contributed by atoms with Gasteiger partial charge < -0.3 is 0 Å². The molecule has 0 spiro atoms. The van der Waals surface area contributed by atoms with Crippen LogP contribution in [0.25, 0.3) is 0 Å². The van der Waals surface area contributed by atoms with Crippen LogP contribution in [0.5, 0.6) is 0 Å². The molecule has 0 aromatic carbocycles. The van der Waals surface area contributed by atoms with Crippen molar-refractivity contribution in [3.63, 3.8) is 0 Å². The van der Waals surface area contributed by atoms with Gasteiger partial charge in [0.05, 0.1) is 0 Å². The summed E-state index contributed by atoms with van der Waals surface area (Å²) in [6, 6.07) is 0. The fourth-order valence-electron chi connectivity index (χ4n) is 0.0261. The Morgan fingerprint density at radius 3 is 1.88 bits per heavy atom. The van der Waals surface area contributed by atoms with Crippen LogP contribution >= 0.6 is 23.6 Å². The summed E-state index contributed by atoms with van der Waals surface area (Å²) >= 11 is 9.16. The van der Waals surface area contributed by atoms with Crippen LogP contribution in [0.15, 0.2) is 0 Å². The zero-order valence-electron chi connectivity index (χ0n) is 3.31. The molecule has 8 heteroatoms. The van der Waals surface area contributed by atoms with Crippen LogP contribution in [-0.2, 0) is 10.2 Å². The summed E-state index contributed by atoms with van der Waals surface area (Å²) in [6.07, 6.45) is 0. The molecule has 0 aromatic heterocycles. The lowest BCUT2D eigenvalue weighted by molar-refractivity contribution is 0.417. The third-order valence-electron chi connectivity index (χ3n) is 0.279. The average Bonchev–Trinajstić information content (AvgIpc) is 1.67. The van der Waals surface area contributed by atoms with Crippen molar-refractivity contribution >= 4 is 33.8 Å². The lowest BCUT2D eigenvalue weighted by Gasteiger charge is -1.97. The molecule has 0 aromatic rings. The maximum atomic E-state index is 11.0. The number of halogens is 3. The van der Waals surface area contributed by atoms with Crippen molar-refractivity contribution < 1.29 is 12.9 Å². The Morgan fingerprint density at radius 1 is 1.50 bits per heavy atom. The summed E-state index contributed by atoms with van der Waals surface area (Å²) in [4.78, 5) is 0.375. The van der Waals surface area contributed by atoms with Gasteiger partial charge in [0.2, 0.25) is 0 Å². The maximum absolute atomic E-state index is 11.0. The molecule has 0 rings (SSSR count). The molecule has 0 fully saturated rings. The van der Waals surface area contributed by atoms with Gasteiger partial charge in [0.25, 0.3) is 0 Å². The smallest absolute Gasteiger partial charge is 0.190 e. The first-order valence-electron chi connectivity index (χ1n) is 1.25. The van der Waals surface area contributed by atoms with Crippen LogP contribution in [0.3, 0.4) is 0 Å². The molecular weight excluding hydrogens is 182 g/mol. The second-order valence-corrected chi connectivity index (χ2v) is 3.47. The summed E-state index contributed by atoms with van der Waals surface area (Å²) in [7, 11) is -4.29. The molecule has 0 amide bonds. The van der Waals surface area contributed by atoms with Gasteiger partial charge in [-0.3, -0.25) is 0 Å². The van der Waals surface area contributed by atoms with Crippen molar-refractivity contribution in [2.45, 2.75) is 0 Å². The largest absolute Gasteiger partial charge is 0.333 e. The fourth-order valence-corrected chi connectivity index (χ4v) is 0.235. The van der Waals surface area contributed by atoms with Crippen LogP contribution in [0.4, 0.5) is 4.48 Å². The fraction of sp³-hybridized carbons (Fsp3) is 0. The van der Waals surface area contributed by atoms with Gasteiger partial charge in [-0.25, -0.2) is 0 Å². The Hall–Kier alpha value is 0.380. The van der Waals surface area contributed by atoms with E-state index in [9.17, 15) is 12.9 Å². The predicted molar refractivity (Wildman–Crippen MR) is 26.7 cm³/mol. The van der Waals surface area contributed by atoms with Crippen LogP contribution in [-0.4, -0.2) is 11.8 Å². The minimum Gasteiger partial charge on any atom is -0.190 e. The van der Waals surface area contributed by atoms with E-state index in [1.807, 2.05) is 0 Å². The Labute approximate surface area is 55.5 Å². The Balaban J connectivity index is 4.17. The number of hydrogen-bond acceptors (Lipinski definition) is 2. The van der Waals surface area contributed by atoms with Gasteiger partial charge in [0.1, 0.15) is 0 Å². The Morgan fingerprint density at radius 2 is 1.88 bits per heavy atom. The van der Waals surface area contributed by atoms with E-state index < -0.39 is 10.2 Å². The first kappa shape index (κ1) is 8.38. The quantitative estimate of drug-likeness (QED) is 0.626. The van der Waals surface area contributed by atoms with Crippen LogP contribution in [0.1, 0.15) is 0 Å². The molecule has 0 bridgehead atoms. The van der Waals surface area contributed by atoms with Crippen LogP contribution in [0.2, 0.25) is 0 Å². The summed E-state index contributed by atoms with van der Waals surface area (Å²) in [5.41, 5.74) is 0. The molecule has 0 aliphatic heterocycles. The van der Waals surface area contributed by atoms with Crippen molar-refractivity contribution in [3.05, 3.63) is 0 Å². The molecule has 50 valence electrons. The predicted octanol–water partition coefficient (Wildman–Crippen LogP) is 0.315. The van der Waals surface area contributed by atoms with E-state index in [1.54, 1.807) is 0 Å². The van der Waals surface area contributed by atoms with Gasteiger partial charge in [0, 0.05) is 23.6 Å². The Bertz CT molecular complexity index is 151. The van der Waals surface area contributed by atoms with E-state index in [1.165, 1.54) is 0 Å². The normalized spacial score (nSPS) is 12.5. The van der Waals surface area contributed by atoms with Gasteiger partial charge in [-0.05, 0) is 8.29 Å². The standard InChI is InChI=1S/Cl2FHN2O2S/c1-5(2)8(6,7)4-3/h4H. The highest BCUT2D eigenvalue weighted by molar-refractivity contribution is 7.88. The van der Waals surface area contributed by atoms with E-state index in [0.717, 1.165) is 0 Å². The van der Waals surface area contributed by atoms with Crippen LogP contribution < -0.4 is 4.94 Å². The van der Waals surface area contributed by atoms with Crippen LogP contribution in [0, 0.1) is 0 Å². The SMILES string of the molecule is O=S(=O)(NF)N(Cl)Cl. The van der Waals surface area contributed by atoms with E-state index in [2.05, 4.69) is 23.6 Å². The molecule has 0 saturated heterocycles. The molecular formula is HCl2FN2O2S. The van der Waals surface area contributed by atoms with Gasteiger partial charge in [0.15, 0.2) is 0 Å². The number of hydrogen-bond donors (Lipinski definition) is 1. The second kappa shape index (κ2) is 2.79. The molecule has 0 radical (unpaired) electrons. The third-order valence-corrected chi connectivity index (χ3v) is 1.93. The zero-order chi connectivity index (χ0) is 6.78. The maximum Gasteiger partial charge on any atom is 0.333 e. The molecule has 0 atom stereocenters. The molecule has 0 unspecified atom stereocenters. The van der Waals surface area contributed by atoms with E-state index >= 15 is 0 Å². The molecule has 0 aliphatic carbocycles. The number of nitrogens with one attached hydrogen (secondary N) is 1. The van der Waals surface area contributed by atoms with Crippen molar-refractivity contribution in [2.24, 2.45) is 0 Å². The summed E-state index contributed by atoms with van der Waals surface area (Å²) in [6.45, 7) is 0. The highest BCUT2D eigenvalue weighted by Gasteiger charge is 2.15. The first-order valence-corrected chi connectivity index (χ1v) is 3.36. The molecule has 0 saturated carbocycles. The summed E-state index contributed by atoms with van der Waals surface area (Å²) in [5.74, 6) is 0. The van der Waals surface area contributed by atoms with Gasteiger partial charge in [-0.1, -0.05) is 0 Å². The number of nitrogens with zero attached hydrogens (tertiary/aromatic N) is 1. The molecule has 8 heavy (non-hydrogen) atoms. The zero-order valence-corrected chi connectivity index (χ0v) is 5.63. The van der Waals surface area contributed by atoms with Gasteiger partial charge in [-0.2, -0.15) is 8.42 Å². The molecule has 1 N–H and O–H groups in total. The van der Waals surface area contributed by atoms with Crippen molar-refractivity contribution in [1.29, 1.82) is 0 Å². The van der Waals surface area contributed by atoms with E-state index in [-0.39, 0.29) is 3.34 Å². The highest BCUT2D eigenvalue weighted by atomic mass is 35.5. The van der Waals surface area contributed by atoms with E-state index in [0.29, 0.717) is 4.94 Å². The first-order chi connectivity index (χ1) is 3.50. The Kier molecular flexibility index (Phi) is 2.92. The minimum atomic E-state index is -4.29. The monoisotopic (exact) mass is 182 g/mol. The number of rotatable bonds is 2. The molecule has 0 aliphatic rings. The van der Waals surface area contributed by atoms with Gasteiger partial charge in [-0.15, -0.1) is 4.48 Å². The highest BCUT2D eigenvalue weighted by Crippen LogP contribution is 2.04. The minimum absolute atomic E-state index is 0.326. The molecule has 0 heterocycles. The van der Waals surface area contributed by atoms with E-state index in [4.69, 9.17) is 0 Å². The second-order valence-electron chi connectivity index (χ2n) is 0.754. The van der Waals surface area contributed by atoms with Crippen molar-refractivity contribution in [3.8, 4) is 0 Å². The average molecular weight is 183 g/mol. The third kappa shape index (κ3) is 2.10. The summed E-state index contributed by atoms with van der Waals surface area (Å²) < 4.78 is 30.4. The lowest BCUT2D eigenvalue weighted by atomic mass is 13.7. The lowest BCUT2D eigenvalue weighted by Crippen LogP contribution is -2.23. The van der Waals surface area contributed by atoms with Gasteiger partial charge >= 0.3 is 10.2 Å². The van der Waals surface area contributed by atoms with Crippen molar-refractivity contribution in [1.82, 2.24) is 8.29 Å². The molecule has 4 nitrogen and oxygen atoms in total. The summed E-state index contributed by atoms with van der Waals surface area (Å²) in [5, 5.41) is 0. The topological polar surface area (TPSA) is 49.4 Å².